The second-order valence-electron chi connectivity index (χ2n) is 5.55. The third-order valence-corrected chi connectivity index (χ3v) is 5.61. The maximum absolute atomic E-state index is 13.1. The normalized spacial score (nSPS) is 11.3. The Hall–Kier alpha value is -3.00. The summed E-state index contributed by atoms with van der Waals surface area (Å²) in [5.41, 5.74) is 1.32. The molecule has 1 N–H and O–H groups in total. The largest absolute Gasteiger partial charge is 0.461 e. The number of esters is 1. The van der Waals surface area contributed by atoms with Crippen LogP contribution in [0.25, 0.3) is 11.3 Å². The van der Waals surface area contributed by atoms with Crippen molar-refractivity contribution in [2.45, 2.75) is 23.6 Å². The third kappa shape index (κ3) is 3.23. The predicted octanol–water partition coefficient (Wildman–Crippen LogP) is 2.79. The highest BCUT2D eigenvalue weighted by Gasteiger charge is 2.27. The number of nitrogens with zero attached hydrogens (tertiary/aromatic N) is 2. The van der Waals surface area contributed by atoms with Gasteiger partial charge in [0, 0.05) is 5.56 Å². The lowest BCUT2D eigenvalue weighted by Gasteiger charge is -2.10. The van der Waals surface area contributed by atoms with Crippen LogP contribution < -0.4 is 0 Å². The molecule has 0 radical (unpaired) electrons. The van der Waals surface area contributed by atoms with Crippen molar-refractivity contribution in [2.75, 3.05) is 6.61 Å². The topological polar surface area (TPSA) is 102 Å². The summed E-state index contributed by atoms with van der Waals surface area (Å²) in [5.74, 6) is -0.668. The van der Waals surface area contributed by atoms with E-state index in [0.717, 1.165) is 5.56 Å². The zero-order valence-corrected chi connectivity index (χ0v) is 15.1. The number of benzene rings is 2. The van der Waals surface area contributed by atoms with Crippen LogP contribution in [0.3, 0.4) is 0 Å². The van der Waals surface area contributed by atoms with E-state index < -0.39 is 15.8 Å². The van der Waals surface area contributed by atoms with Crippen LogP contribution in [-0.4, -0.2) is 36.4 Å². The summed E-state index contributed by atoms with van der Waals surface area (Å²) < 4.78 is 31.1. The Bertz CT molecular complexity index is 1040. The van der Waals surface area contributed by atoms with Crippen molar-refractivity contribution in [3.05, 3.63) is 59.8 Å². The van der Waals surface area contributed by atoms with Crippen LogP contribution >= 0.6 is 0 Å². The molecule has 0 aliphatic heterocycles. The molecule has 0 amide bonds. The van der Waals surface area contributed by atoms with Crippen molar-refractivity contribution in [3.8, 4) is 11.3 Å². The van der Waals surface area contributed by atoms with Crippen molar-refractivity contribution >= 4 is 15.8 Å². The van der Waals surface area contributed by atoms with Crippen LogP contribution in [0.2, 0.25) is 0 Å². The number of hydrogen-bond donors (Lipinski definition) is 1. The molecule has 0 aliphatic carbocycles. The van der Waals surface area contributed by atoms with Crippen molar-refractivity contribution in [2.24, 2.45) is 0 Å². The molecule has 2 aromatic carbocycles. The molecule has 0 spiro atoms. The number of aromatic amines is 1. The quantitative estimate of drug-likeness (QED) is 0.692. The van der Waals surface area contributed by atoms with E-state index in [1.54, 1.807) is 49.4 Å². The molecule has 0 aliphatic rings. The van der Waals surface area contributed by atoms with E-state index in [-0.39, 0.29) is 33.3 Å². The van der Waals surface area contributed by atoms with E-state index in [4.69, 9.17) is 4.74 Å². The summed E-state index contributed by atoms with van der Waals surface area (Å²) >= 11 is 0. The van der Waals surface area contributed by atoms with Crippen LogP contribution in [-0.2, 0) is 14.6 Å². The smallest absolute Gasteiger partial charge is 0.361 e. The van der Waals surface area contributed by atoms with Gasteiger partial charge in [-0.2, -0.15) is 10.3 Å². The Morgan fingerprint density at radius 2 is 1.77 bits per heavy atom. The van der Waals surface area contributed by atoms with Gasteiger partial charge in [0.1, 0.15) is 5.69 Å². The standard InChI is InChI=1S/C18H17N3O4S/c1-3-25-18(22)17-16(19-21-20-17)14-6-4-5-7-15(14)26(23,24)13-10-8-12(2)9-11-13/h4-11H,3H2,1-2H3,(H,19,20,21). The highest BCUT2D eigenvalue weighted by atomic mass is 32.2. The van der Waals surface area contributed by atoms with Crippen molar-refractivity contribution in [1.82, 2.24) is 15.4 Å². The fourth-order valence-electron chi connectivity index (χ4n) is 2.50. The Morgan fingerprint density at radius 3 is 2.46 bits per heavy atom. The van der Waals surface area contributed by atoms with Crippen molar-refractivity contribution in [3.63, 3.8) is 0 Å². The average molecular weight is 371 g/mol. The summed E-state index contributed by atoms with van der Waals surface area (Å²) in [4.78, 5) is 12.3. The van der Waals surface area contributed by atoms with Crippen LogP contribution in [0.4, 0.5) is 0 Å². The number of aryl methyl sites for hydroxylation is 1. The summed E-state index contributed by atoms with van der Waals surface area (Å²) in [6, 6.07) is 12.9. The molecular weight excluding hydrogens is 354 g/mol. The summed E-state index contributed by atoms with van der Waals surface area (Å²) in [5, 5.41) is 10.1. The zero-order valence-electron chi connectivity index (χ0n) is 14.3. The number of rotatable bonds is 5. The first-order valence-electron chi connectivity index (χ1n) is 7.94. The molecule has 1 heterocycles. The van der Waals surface area contributed by atoms with Gasteiger partial charge in [-0.1, -0.05) is 35.9 Å². The molecule has 7 nitrogen and oxygen atoms in total. The number of sulfone groups is 1. The van der Waals surface area contributed by atoms with E-state index in [1.807, 2.05) is 6.92 Å². The number of nitrogens with one attached hydrogen (secondary N) is 1. The lowest BCUT2D eigenvalue weighted by molar-refractivity contribution is 0.0520. The SMILES string of the molecule is CCOC(=O)c1n[nH]nc1-c1ccccc1S(=O)(=O)c1ccc(C)cc1. The monoisotopic (exact) mass is 371 g/mol. The molecule has 0 atom stereocenters. The van der Waals surface area contributed by atoms with E-state index in [0.29, 0.717) is 0 Å². The van der Waals surface area contributed by atoms with Crippen LogP contribution in [0.5, 0.6) is 0 Å². The lowest BCUT2D eigenvalue weighted by Crippen LogP contribution is -2.09. The number of ether oxygens (including phenoxy) is 1. The fraction of sp³-hybridized carbons (Fsp3) is 0.167. The maximum Gasteiger partial charge on any atom is 0.361 e. The fourth-order valence-corrected chi connectivity index (χ4v) is 3.96. The van der Waals surface area contributed by atoms with Gasteiger partial charge in [-0.25, -0.2) is 13.2 Å². The van der Waals surface area contributed by atoms with Gasteiger partial charge in [-0.3, -0.25) is 0 Å². The first-order valence-corrected chi connectivity index (χ1v) is 9.42. The van der Waals surface area contributed by atoms with E-state index in [9.17, 15) is 13.2 Å². The minimum Gasteiger partial charge on any atom is -0.461 e. The molecule has 26 heavy (non-hydrogen) atoms. The third-order valence-electron chi connectivity index (χ3n) is 3.78. The van der Waals surface area contributed by atoms with E-state index in [2.05, 4.69) is 15.4 Å². The van der Waals surface area contributed by atoms with Crippen LogP contribution in [0, 0.1) is 6.92 Å². The van der Waals surface area contributed by atoms with Gasteiger partial charge in [0.05, 0.1) is 16.4 Å². The molecule has 3 aromatic rings. The van der Waals surface area contributed by atoms with E-state index in [1.165, 1.54) is 6.07 Å². The van der Waals surface area contributed by atoms with Gasteiger partial charge < -0.3 is 4.74 Å². The molecule has 0 bridgehead atoms. The van der Waals surface area contributed by atoms with Gasteiger partial charge in [-0.05, 0) is 32.0 Å². The number of aromatic nitrogens is 3. The highest BCUT2D eigenvalue weighted by molar-refractivity contribution is 7.91. The summed E-state index contributed by atoms with van der Waals surface area (Å²) in [6.45, 7) is 3.73. The summed E-state index contributed by atoms with van der Waals surface area (Å²) in [6.07, 6.45) is 0. The average Bonchev–Trinajstić information content (AvgIpc) is 3.12. The molecule has 0 unspecified atom stereocenters. The Balaban J connectivity index is 2.15. The minimum absolute atomic E-state index is 0.0447. The van der Waals surface area contributed by atoms with Gasteiger partial charge in [0.15, 0.2) is 5.69 Å². The lowest BCUT2D eigenvalue weighted by atomic mass is 10.1. The Labute approximate surface area is 150 Å². The van der Waals surface area contributed by atoms with Gasteiger partial charge in [0.25, 0.3) is 0 Å². The molecular formula is C18H17N3O4S. The highest BCUT2D eigenvalue weighted by Crippen LogP contribution is 2.31. The van der Waals surface area contributed by atoms with Crippen LogP contribution in [0.1, 0.15) is 23.0 Å². The second kappa shape index (κ2) is 7.09. The number of carbonyl (C=O) groups excluding carboxylic acids is 1. The summed E-state index contributed by atoms with van der Waals surface area (Å²) in [7, 11) is -3.80. The first kappa shape index (κ1) is 17.8. The molecule has 1 aromatic heterocycles. The molecule has 0 saturated heterocycles. The van der Waals surface area contributed by atoms with Crippen molar-refractivity contribution in [1.29, 1.82) is 0 Å². The Kier molecular flexibility index (Phi) is 4.85. The molecule has 8 heteroatoms. The number of H-pyrrole nitrogens is 1. The van der Waals surface area contributed by atoms with Crippen molar-refractivity contribution < 1.29 is 17.9 Å². The van der Waals surface area contributed by atoms with Crippen LogP contribution in [0.15, 0.2) is 58.3 Å². The van der Waals surface area contributed by atoms with Gasteiger partial charge in [0.2, 0.25) is 9.84 Å². The minimum atomic E-state index is -3.80. The first-order chi connectivity index (χ1) is 12.4. The molecule has 3 rings (SSSR count). The molecule has 0 saturated carbocycles. The van der Waals surface area contributed by atoms with Gasteiger partial charge >= 0.3 is 5.97 Å². The Morgan fingerprint density at radius 1 is 1.08 bits per heavy atom. The van der Waals surface area contributed by atoms with Gasteiger partial charge in [-0.15, -0.1) is 5.10 Å². The predicted molar refractivity (Wildman–Crippen MR) is 94.4 cm³/mol. The molecule has 0 fully saturated rings. The number of carbonyl (C=O) groups is 1. The second-order valence-corrected chi connectivity index (χ2v) is 7.47. The van der Waals surface area contributed by atoms with E-state index >= 15 is 0 Å². The maximum atomic E-state index is 13.1. The molecule has 134 valence electrons. The zero-order chi connectivity index (χ0) is 18.7. The number of hydrogen-bond acceptors (Lipinski definition) is 6.